The average molecular weight is 305 g/mol. The van der Waals surface area contributed by atoms with Crippen molar-refractivity contribution in [3.8, 4) is 0 Å². The first-order chi connectivity index (χ1) is 10.5. The third-order valence-electron chi connectivity index (χ3n) is 4.60. The van der Waals surface area contributed by atoms with Gasteiger partial charge in [0.05, 0.1) is 12.3 Å². The van der Waals surface area contributed by atoms with Gasteiger partial charge < -0.3 is 15.0 Å². The third kappa shape index (κ3) is 2.88. The number of aromatic nitrogens is 2. The number of nitrogens with zero attached hydrogens (tertiary/aromatic N) is 2. The molecule has 2 aliphatic rings. The maximum Gasteiger partial charge on any atom is 0.308 e. The Hall–Kier alpha value is -2.18. The highest BCUT2D eigenvalue weighted by molar-refractivity contribution is 5.80. The molecule has 0 aromatic carbocycles. The van der Waals surface area contributed by atoms with Crippen LogP contribution in [0.3, 0.4) is 0 Å². The van der Waals surface area contributed by atoms with Gasteiger partial charge in [0.2, 0.25) is 5.91 Å². The zero-order valence-electron chi connectivity index (χ0n) is 12.4. The van der Waals surface area contributed by atoms with Crippen LogP contribution in [0.1, 0.15) is 24.2 Å². The van der Waals surface area contributed by atoms with Crippen LogP contribution >= 0.6 is 0 Å². The van der Waals surface area contributed by atoms with E-state index in [1.165, 1.54) is 6.20 Å². The number of likely N-dealkylation sites (tertiary alicyclic amines) is 1. The molecule has 1 aromatic rings. The lowest BCUT2D eigenvalue weighted by Gasteiger charge is -2.16. The lowest BCUT2D eigenvalue weighted by atomic mass is 9.92. The van der Waals surface area contributed by atoms with E-state index in [9.17, 15) is 19.5 Å². The van der Waals surface area contributed by atoms with Gasteiger partial charge in [0, 0.05) is 24.8 Å². The molecule has 7 heteroatoms. The van der Waals surface area contributed by atoms with Gasteiger partial charge in [-0.05, 0) is 31.6 Å². The second-order valence-electron chi connectivity index (χ2n) is 6.24. The van der Waals surface area contributed by atoms with Gasteiger partial charge in [-0.25, -0.2) is 4.98 Å². The van der Waals surface area contributed by atoms with Crippen molar-refractivity contribution < 1.29 is 14.7 Å². The minimum atomic E-state index is -0.831. The zero-order chi connectivity index (χ0) is 15.9. The molecule has 22 heavy (non-hydrogen) atoms. The van der Waals surface area contributed by atoms with E-state index in [4.69, 9.17) is 0 Å². The number of aryl methyl sites for hydroxylation is 1. The van der Waals surface area contributed by atoms with Crippen LogP contribution in [0.2, 0.25) is 0 Å². The molecule has 1 aliphatic carbocycles. The molecule has 0 bridgehead atoms. The van der Waals surface area contributed by atoms with Crippen LogP contribution in [0.25, 0.3) is 0 Å². The summed E-state index contributed by atoms with van der Waals surface area (Å²) in [5, 5.41) is 9.32. The summed E-state index contributed by atoms with van der Waals surface area (Å²) in [6, 6.07) is 0. The first-order valence-electron chi connectivity index (χ1n) is 7.51. The summed E-state index contributed by atoms with van der Waals surface area (Å²) in [7, 11) is 0. The Morgan fingerprint density at radius 2 is 2.14 bits per heavy atom. The van der Waals surface area contributed by atoms with Gasteiger partial charge >= 0.3 is 5.97 Å². The van der Waals surface area contributed by atoms with E-state index in [0.717, 1.165) is 12.8 Å². The number of H-pyrrole nitrogens is 1. The van der Waals surface area contributed by atoms with Gasteiger partial charge in [0.15, 0.2) is 0 Å². The van der Waals surface area contributed by atoms with E-state index in [1.54, 1.807) is 11.8 Å². The lowest BCUT2D eigenvalue weighted by Crippen LogP contribution is -2.33. The van der Waals surface area contributed by atoms with Gasteiger partial charge in [-0.3, -0.25) is 14.4 Å². The van der Waals surface area contributed by atoms with E-state index in [0.29, 0.717) is 23.9 Å². The molecule has 1 aliphatic heterocycles. The van der Waals surface area contributed by atoms with Crippen LogP contribution in [0, 0.1) is 24.7 Å². The molecule has 7 nitrogen and oxygen atoms in total. The van der Waals surface area contributed by atoms with Crippen molar-refractivity contribution in [2.24, 2.45) is 17.8 Å². The molecular formula is C15H19N3O4. The SMILES string of the molecule is Cc1ncc(CC(=O)N2C[C@H](C(=O)O)[C@@H](C3CC3)C2)c(=O)[nH]1. The molecule has 0 unspecified atom stereocenters. The minimum Gasteiger partial charge on any atom is -0.481 e. The largest absolute Gasteiger partial charge is 0.481 e. The maximum absolute atomic E-state index is 12.4. The van der Waals surface area contributed by atoms with E-state index in [1.807, 2.05) is 0 Å². The van der Waals surface area contributed by atoms with Crippen molar-refractivity contribution in [3.63, 3.8) is 0 Å². The monoisotopic (exact) mass is 305 g/mol. The second kappa shape index (κ2) is 5.55. The summed E-state index contributed by atoms with van der Waals surface area (Å²) in [5.74, 6) is -0.528. The highest BCUT2D eigenvalue weighted by Crippen LogP contribution is 2.44. The van der Waals surface area contributed by atoms with Crippen molar-refractivity contribution >= 4 is 11.9 Å². The van der Waals surface area contributed by atoms with E-state index in [-0.39, 0.29) is 30.3 Å². The molecule has 2 heterocycles. The Kier molecular flexibility index (Phi) is 3.72. The van der Waals surface area contributed by atoms with Crippen molar-refractivity contribution in [1.82, 2.24) is 14.9 Å². The van der Waals surface area contributed by atoms with Gasteiger partial charge in [0.1, 0.15) is 5.82 Å². The highest BCUT2D eigenvalue weighted by Gasteiger charge is 2.46. The van der Waals surface area contributed by atoms with Crippen LogP contribution < -0.4 is 5.56 Å². The summed E-state index contributed by atoms with van der Waals surface area (Å²) < 4.78 is 0. The Labute approximate surface area is 127 Å². The Morgan fingerprint density at radius 1 is 1.41 bits per heavy atom. The zero-order valence-corrected chi connectivity index (χ0v) is 12.4. The summed E-state index contributed by atoms with van der Waals surface area (Å²) in [4.78, 5) is 43.7. The number of hydrogen-bond acceptors (Lipinski definition) is 4. The van der Waals surface area contributed by atoms with Crippen LogP contribution in [0.5, 0.6) is 0 Å². The van der Waals surface area contributed by atoms with Crippen molar-refractivity contribution in [2.75, 3.05) is 13.1 Å². The minimum absolute atomic E-state index is 0.0354. The van der Waals surface area contributed by atoms with Gasteiger partial charge in [-0.1, -0.05) is 0 Å². The predicted octanol–water partition coefficient (Wildman–Crippen LogP) is 0.190. The van der Waals surface area contributed by atoms with E-state index in [2.05, 4.69) is 9.97 Å². The number of nitrogens with one attached hydrogen (secondary N) is 1. The number of carbonyl (C=O) groups is 2. The number of aliphatic carboxylic acids is 1. The van der Waals surface area contributed by atoms with Crippen molar-refractivity contribution in [2.45, 2.75) is 26.2 Å². The fourth-order valence-corrected chi connectivity index (χ4v) is 3.21. The van der Waals surface area contributed by atoms with Crippen LogP contribution in [0.4, 0.5) is 0 Å². The Balaban J connectivity index is 1.70. The van der Waals surface area contributed by atoms with Gasteiger partial charge in [0.25, 0.3) is 5.56 Å². The first kappa shape index (κ1) is 14.7. The maximum atomic E-state index is 12.4. The van der Waals surface area contributed by atoms with E-state index < -0.39 is 11.9 Å². The molecule has 0 radical (unpaired) electrons. The normalized spacial score (nSPS) is 24.5. The summed E-state index contributed by atoms with van der Waals surface area (Å²) >= 11 is 0. The number of rotatable bonds is 4. The number of aromatic amines is 1. The number of carboxylic acids is 1. The number of amides is 1. The molecule has 3 rings (SSSR count). The summed E-state index contributed by atoms with van der Waals surface area (Å²) in [6.07, 6.45) is 3.48. The van der Waals surface area contributed by atoms with Crippen LogP contribution in [-0.4, -0.2) is 44.9 Å². The predicted molar refractivity (Wildman–Crippen MR) is 77.2 cm³/mol. The smallest absolute Gasteiger partial charge is 0.308 e. The molecule has 118 valence electrons. The summed E-state index contributed by atoms with van der Waals surface area (Å²) in [5.41, 5.74) is 0.00548. The third-order valence-corrected chi connectivity index (χ3v) is 4.60. The standard InChI is InChI=1S/C15H19N3O4/c1-8-16-5-10(14(20)17-8)4-13(19)18-6-11(9-2-3-9)12(7-18)15(21)22/h5,9,11-12H,2-4,6-7H2,1H3,(H,21,22)(H,16,17,20)/t11-,12+/m1/s1. The molecule has 1 saturated carbocycles. The highest BCUT2D eigenvalue weighted by atomic mass is 16.4. The average Bonchev–Trinajstić information content (AvgIpc) is 3.20. The molecule has 2 N–H and O–H groups in total. The Morgan fingerprint density at radius 3 is 2.73 bits per heavy atom. The number of carboxylic acid groups (broad SMARTS) is 1. The van der Waals surface area contributed by atoms with Gasteiger partial charge in [-0.15, -0.1) is 0 Å². The fraction of sp³-hybridized carbons (Fsp3) is 0.600. The number of hydrogen-bond donors (Lipinski definition) is 2. The quantitative estimate of drug-likeness (QED) is 0.826. The second-order valence-corrected chi connectivity index (χ2v) is 6.24. The molecule has 1 amide bonds. The van der Waals surface area contributed by atoms with Gasteiger partial charge in [-0.2, -0.15) is 0 Å². The summed E-state index contributed by atoms with van der Waals surface area (Å²) in [6.45, 7) is 2.40. The van der Waals surface area contributed by atoms with Crippen molar-refractivity contribution in [3.05, 3.63) is 27.9 Å². The lowest BCUT2D eigenvalue weighted by molar-refractivity contribution is -0.142. The van der Waals surface area contributed by atoms with Crippen LogP contribution in [0.15, 0.2) is 11.0 Å². The van der Waals surface area contributed by atoms with E-state index >= 15 is 0 Å². The fourth-order valence-electron chi connectivity index (χ4n) is 3.21. The Bertz CT molecular complexity index is 665. The molecule has 2 atom stereocenters. The van der Waals surface area contributed by atoms with Crippen LogP contribution in [-0.2, 0) is 16.0 Å². The van der Waals surface area contributed by atoms with Crippen molar-refractivity contribution in [1.29, 1.82) is 0 Å². The number of carbonyl (C=O) groups excluding carboxylic acids is 1. The molecule has 0 spiro atoms. The molecule has 2 fully saturated rings. The molecule has 1 saturated heterocycles. The molecular weight excluding hydrogens is 286 g/mol. The molecule has 1 aromatic heterocycles. The topological polar surface area (TPSA) is 103 Å². The first-order valence-corrected chi connectivity index (χ1v) is 7.51.